The summed E-state index contributed by atoms with van der Waals surface area (Å²) in [5, 5.41) is 1.66. The molecule has 2 aromatic rings. The highest BCUT2D eigenvalue weighted by atomic mass is 35.5. The lowest BCUT2D eigenvalue weighted by atomic mass is 9.70. The summed E-state index contributed by atoms with van der Waals surface area (Å²) in [7, 11) is 0. The molecule has 0 radical (unpaired) electrons. The van der Waals surface area contributed by atoms with Gasteiger partial charge in [0.1, 0.15) is 0 Å². The van der Waals surface area contributed by atoms with E-state index < -0.39 is 0 Å². The number of aromatic nitrogens is 1. The fourth-order valence-electron chi connectivity index (χ4n) is 4.09. The molecule has 0 fully saturated rings. The molecule has 2 aliphatic carbocycles. The Hall–Kier alpha value is -1.61. The minimum Gasteiger partial charge on any atom is -0.398 e. The minimum atomic E-state index is -0.276. The third-order valence-corrected chi connectivity index (χ3v) is 5.19. The summed E-state index contributed by atoms with van der Waals surface area (Å²) in [4.78, 5) is 4.82. The Morgan fingerprint density at radius 3 is 3.00 bits per heavy atom. The van der Waals surface area contributed by atoms with Crippen molar-refractivity contribution in [1.82, 2.24) is 4.98 Å². The van der Waals surface area contributed by atoms with Gasteiger partial charge >= 0.3 is 0 Å². The standard InChI is InChI=1S/C18H18ClFN2/c19-13-1-2-14-15(9-13)22-16-8-11-5-10(3-4-20)6-12(7-11)17(16)18(14)21/h1-2,5,9,11-12H,3-4,6-8H2,(H2,21,22). The van der Waals surface area contributed by atoms with Gasteiger partial charge in [-0.2, -0.15) is 0 Å². The summed E-state index contributed by atoms with van der Waals surface area (Å²) in [6, 6.07) is 5.69. The van der Waals surface area contributed by atoms with Crippen molar-refractivity contribution in [2.45, 2.75) is 31.6 Å². The number of alkyl halides is 1. The van der Waals surface area contributed by atoms with Crippen LogP contribution in [0.25, 0.3) is 10.9 Å². The van der Waals surface area contributed by atoms with Crippen LogP contribution in [0.5, 0.6) is 0 Å². The maximum atomic E-state index is 12.7. The summed E-state index contributed by atoms with van der Waals surface area (Å²) < 4.78 is 12.7. The van der Waals surface area contributed by atoms with Crippen LogP contribution in [0, 0.1) is 5.92 Å². The molecule has 2 nitrogen and oxygen atoms in total. The molecule has 2 aliphatic rings. The van der Waals surface area contributed by atoms with Crippen LogP contribution >= 0.6 is 11.6 Å². The fourth-order valence-corrected chi connectivity index (χ4v) is 4.26. The highest BCUT2D eigenvalue weighted by molar-refractivity contribution is 6.31. The number of anilines is 1. The van der Waals surface area contributed by atoms with Gasteiger partial charge in [-0.1, -0.05) is 23.3 Å². The largest absolute Gasteiger partial charge is 0.398 e. The number of pyridine rings is 1. The second-order valence-electron chi connectivity index (χ2n) is 6.41. The third-order valence-electron chi connectivity index (χ3n) is 4.95. The molecule has 4 rings (SSSR count). The van der Waals surface area contributed by atoms with Gasteiger partial charge in [0.05, 0.1) is 12.2 Å². The van der Waals surface area contributed by atoms with Gasteiger partial charge in [-0.15, -0.1) is 0 Å². The monoisotopic (exact) mass is 316 g/mol. The van der Waals surface area contributed by atoms with Gasteiger partial charge in [0.25, 0.3) is 0 Å². The number of hydrogen-bond donors (Lipinski definition) is 1. The number of nitrogen functional groups attached to an aromatic ring is 1. The van der Waals surface area contributed by atoms with Crippen LogP contribution in [-0.2, 0) is 6.42 Å². The molecule has 0 saturated heterocycles. The molecule has 0 amide bonds. The predicted octanol–water partition coefficient (Wildman–Crippen LogP) is 4.81. The second-order valence-corrected chi connectivity index (χ2v) is 6.85. The van der Waals surface area contributed by atoms with Crippen molar-refractivity contribution in [2.75, 3.05) is 12.4 Å². The summed E-state index contributed by atoms with van der Waals surface area (Å²) in [5.41, 5.74) is 11.7. The zero-order valence-electron chi connectivity index (χ0n) is 12.3. The number of halogens is 2. The third kappa shape index (κ3) is 2.19. The summed E-state index contributed by atoms with van der Waals surface area (Å²) in [6.07, 6.45) is 5.73. The summed E-state index contributed by atoms with van der Waals surface area (Å²) >= 11 is 6.08. The van der Waals surface area contributed by atoms with Crippen LogP contribution < -0.4 is 5.73 Å². The quantitative estimate of drug-likeness (QED) is 0.808. The van der Waals surface area contributed by atoms with E-state index in [1.807, 2.05) is 18.2 Å². The van der Waals surface area contributed by atoms with E-state index in [0.717, 1.165) is 41.5 Å². The SMILES string of the molecule is Nc1c2c(nc3cc(Cl)ccc13)CC1C=C(CCF)CC2C1. The van der Waals surface area contributed by atoms with Crippen molar-refractivity contribution in [3.8, 4) is 0 Å². The van der Waals surface area contributed by atoms with Crippen LogP contribution in [0.3, 0.4) is 0 Å². The molecule has 0 aliphatic heterocycles. The van der Waals surface area contributed by atoms with E-state index >= 15 is 0 Å². The Labute approximate surface area is 134 Å². The lowest BCUT2D eigenvalue weighted by molar-refractivity contribution is 0.414. The Bertz CT molecular complexity index is 784. The van der Waals surface area contributed by atoms with E-state index in [1.54, 1.807) is 0 Å². The van der Waals surface area contributed by atoms with E-state index in [9.17, 15) is 4.39 Å². The average molecular weight is 317 g/mol. The molecular formula is C18H18ClFN2. The van der Waals surface area contributed by atoms with Gasteiger partial charge in [0.15, 0.2) is 0 Å². The van der Waals surface area contributed by atoms with Gasteiger partial charge in [0.2, 0.25) is 0 Å². The number of fused-ring (bicyclic) bond motifs is 5. The number of allylic oxidation sites excluding steroid dienone is 2. The Kier molecular flexibility index (Phi) is 3.33. The zero-order valence-corrected chi connectivity index (χ0v) is 13.0. The van der Waals surface area contributed by atoms with Crippen molar-refractivity contribution in [3.05, 3.63) is 46.1 Å². The van der Waals surface area contributed by atoms with E-state index in [0.29, 0.717) is 23.3 Å². The van der Waals surface area contributed by atoms with Crippen molar-refractivity contribution < 1.29 is 4.39 Å². The lowest BCUT2D eigenvalue weighted by Gasteiger charge is -2.36. The molecule has 114 valence electrons. The normalized spacial score (nSPS) is 23.3. The van der Waals surface area contributed by atoms with E-state index in [4.69, 9.17) is 22.3 Å². The molecule has 0 spiro atoms. The first-order valence-electron chi connectivity index (χ1n) is 7.78. The Morgan fingerprint density at radius 1 is 1.32 bits per heavy atom. The second kappa shape index (κ2) is 5.24. The Balaban J connectivity index is 1.85. The molecule has 1 heterocycles. The van der Waals surface area contributed by atoms with Crippen molar-refractivity contribution >= 4 is 28.2 Å². The summed E-state index contributed by atoms with van der Waals surface area (Å²) in [6.45, 7) is -0.276. The van der Waals surface area contributed by atoms with Crippen LogP contribution in [0.15, 0.2) is 29.8 Å². The molecule has 2 N–H and O–H groups in total. The maximum absolute atomic E-state index is 12.7. The number of hydrogen-bond acceptors (Lipinski definition) is 2. The zero-order chi connectivity index (χ0) is 15.3. The topological polar surface area (TPSA) is 38.9 Å². The number of nitrogens with zero attached hydrogens (tertiary/aromatic N) is 1. The van der Waals surface area contributed by atoms with Crippen LogP contribution in [0.1, 0.15) is 36.4 Å². The average Bonchev–Trinajstić information content (AvgIpc) is 2.46. The smallest absolute Gasteiger partial charge is 0.0931 e. The number of rotatable bonds is 2. The highest BCUT2D eigenvalue weighted by Crippen LogP contribution is 2.47. The molecule has 1 aromatic heterocycles. The Morgan fingerprint density at radius 2 is 2.18 bits per heavy atom. The lowest BCUT2D eigenvalue weighted by Crippen LogP contribution is -2.24. The first-order chi connectivity index (χ1) is 10.7. The predicted molar refractivity (Wildman–Crippen MR) is 89.0 cm³/mol. The van der Waals surface area contributed by atoms with Crippen molar-refractivity contribution in [2.24, 2.45) is 5.92 Å². The van der Waals surface area contributed by atoms with Gasteiger partial charge in [0, 0.05) is 27.4 Å². The molecule has 2 bridgehead atoms. The molecule has 4 heteroatoms. The first kappa shape index (κ1) is 14.0. The maximum Gasteiger partial charge on any atom is 0.0931 e. The molecule has 22 heavy (non-hydrogen) atoms. The molecule has 2 unspecified atom stereocenters. The van der Waals surface area contributed by atoms with E-state index in [-0.39, 0.29) is 6.67 Å². The van der Waals surface area contributed by atoms with Crippen molar-refractivity contribution in [3.63, 3.8) is 0 Å². The number of nitrogens with two attached hydrogens (primary N) is 1. The van der Waals surface area contributed by atoms with Gasteiger partial charge in [-0.05, 0) is 55.7 Å². The summed E-state index contributed by atoms with van der Waals surface area (Å²) in [5.74, 6) is 0.851. The van der Waals surface area contributed by atoms with Crippen LogP contribution in [0.4, 0.5) is 10.1 Å². The van der Waals surface area contributed by atoms with Crippen LogP contribution in [-0.4, -0.2) is 11.7 Å². The first-order valence-corrected chi connectivity index (χ1v) is 8.16. The molecule has 2 atom stereocenters. The molecular weight excluding hydrogens is 299 g/mol. The van der Waals surface area contributed by atoms with E-state index in [1.165, 1.54) is 11.1 Å². The van der Waals surface area contributed by atoms with E-state index in [2.05, 4.69) is 6.08 Å². The highest BCUT2D eigenvalue weighted by Gasteiger charge is 2.33. The molecule has 0 saturated carbocycles. The minimum absolute atomic E-state index is 0.276. The van der Waals surface area contributed by atoms with Crippen molar-refractivity contribution in [1.29, 1.82) is 0 Å². The number of benzene rings is 1. The molecule has 1 aromatic carbocycles. The van der Waals surface area contributed by atoms with Gasteiger partial charge in [-0.25, -0.2) is 0 Å². The van der Waals surface area contributed by atoms with Gasteiger partial charge in [-0.3, -0.25) is 9.37 Å². The van der Waals surface area contributed by atoms with Gasteiger partial charge < -0.3 is 5.73 Å². The van der Waals surface area contributed by atoms with Crippen LogP contribution in [0.2, 0.25) is 5.02 Å². The fraction of sp³-hybridized carbons (Fsp3) is 0.389.